The van der Waals surface area contributed by atoms with Gasteiger partial charge in [0.25, 0.3) is 5.91 Å². The zero-order valence-corrected chi connectivity index (χ0v) is 25.0. The largest absolute Gasteiger partial charge is 0.439 e. The first-order valence-electron chi connectivity index (χ1n) is 13.3. The Morgan fingerprint density at radius 3 is 2.20 bits per heavy atom. The fraction of sp³-hybridized carbons (Fsp3) is 0.533. The first-order valence-corrected chi connectivity index (χ1v) is 13.3. The molecule has 2 rings (SSSR count). The molecule has 0 aromatic heterocycles. The molecule has 2 amide bonds. The second-order valence-corrected chi connectivity index (χ2v) is 10.2. The lowest BCUT2D eigenvalue weighted by Crippen LogP contribution is -2.41. The van der Waals surface area contributed by atoms with Gasteiger partial charge in [0, 0.05) is 51.6 Å². The van der Waals surface area contributed by atoms with E-state index in [2.05, 4.69) is 5.32 Å². The Bertz CT molecular complexity index is 1150. The molecule has 1 heterocycles. The van der Waals surface area contributed by atoms with Gasteiger partial charge in [-0.15, -0.1) is 0 Å². The lowest BCUT2D eigenvalue weighted by molar-refractivity contribution is -0.120. The van der Waals surface area contributed by atoms with Crippen LogP contribution in [0.4, 0.5) is 4.79 Å². The molecule has 0 saturated heterocycles. The van der Waals surface area contributed by atoms with Crippen molar-refractivity contribution in [3.63, 3.8) is 0 Å². The Balaban J connectivity index is 2.66. The highest BCUT2D eigenvalue weighted by Gasteiger charge is 2.36. The van der Waals surface area contributed by atoms with E-state index in [0.717, 1.165) is 6.08 Å². The number of allylic oxidation sites excluding steroid dienone is 5. The number of rotatable bonds is 5. The summed E-state index contributed by atoms with van der Waals surface area (Å²) >= 11 is 0. The molecule has 3 N–H and O–H groups in total. The first kappa shape index (κ1) is 33.8. The number of hydrogen-bond acceptors (Lipinski definition) is 9. The van der Waals surface area contributed by atoms with E-state index in [1.54, 1.807) is 40.2 Å². The number of carbonyl (C=O) groups excluding carboxylic acids is 4. The third kappa shape index (κ3) is 8.80. The predicted octanol–water partition coefficient (Wildman–Crippen LogP) is 2.71. The van der Waals surface area contributed by atoms with Gasteiger partial charge < -0.3 is 34.7 Å². The van der Waals surface area contributed by atoms with E-state index < -0.39 is 54.1 Å². The van der Waals surface area contributed by atoms with Crippen LogP contribution < -0.4 is 11.1 Å². The van der Waals surface area contributed by atoms with Crippen molar-refractivity contribution in [1.82, 2.24) is 5.32 Å². The van der Waals surface area contributed by atoms with Crippen molar-refractivity contribution in [3.8, 4) is 0 Å². The molecule has 11 heteroatoms. The van der Waals surface area contributed by atoms with E-state index in [0.29, 0.717) is 12.0 Å². The van der Waals surface area contributed by atoms with Crippen molar-refractivity contribution < 1.29 is 42.9 Å². The zero-order chi connectivity index (χ0) is 30.9. The van der Waals surface area contributed by atoms with Gasteiger partial charge >= 0.3 is 6.09 Å². The van der Waals surface area contributed by atoms with E-state index in [1.807, 2.05) is 19.9 Å². The van der Waals surface area contributed by atoms with Crippen LogP contribution in [0.15, 0.2) is 58.9 Å². The Morgan fingerprint density at radius 1 is 0.951 bits per heavy atom. The standard InChI is InChI=1S/C30H42N2O9/c1-16-10-9-11-23(37-5)28(41-30(31)36)18(3)12-17(2)27(40-8)24(38-6)13-19(4)26(39-7)21-14-20(33)15-22(25(21)34)32-29(16)35/h9-12,14-15,17,19,23-24,26-28H,13H2,1-8H3,(H2,31,36)(H,32,35)/b11-9-,16-10-,18-12-/t17-,19-,23-,24-,26+,27+,28-/m0/s1. The van der Waals surface area contributed by atoms with Gasteiger partial charge in [0.1, 0.15) is 6.10 Å². The van der Waals surface area contributed by atoms with E-state index in [4.69, 9.17) is 29.4 Å². The lowest BCUT2D eigenvalue weighted by Gasteiger charge is -2.34. The molecular formula is C30H42N2O9. The van der Waals surface area contributed by atoms with Crippen molar-refractivity contribution in [2.45, 2.75) is 64.6 Å². The molecule has 2 bridgehead atoms. The maximum atomic E-state index is 13.4. The van der Waals surface area contributed by atoms with E-state index in [1.165, 1.54) is 26.4 Å². The summed E-state index contributed by atoms with van der Waals surface area (Å²) in [6, 6.07) is 0. The van der Waals surface area contributed by atoms with Gasteiger partial charge in [-0.2, -0.15) is 0 Å². The minimum Gasteiger partial charge on any atom is -0.439 e. The van der Waals surface area contributed by atoms with Gasteiger partial charge in [-0.05, 0) is 37.8 Å². The number of hydrogen-bond donors (Lipinski definition) is 2. The van der Waals surface area contributed by atoms with Gasteiger partial charge in [-0.3, -0.25) is 14.4 Å². The molecular weight excluding hydrogens is 532 g/mol. The average molecular weight is 575 g/mol. The maximum absolute atomic E-state index is 13.4. The molecule has 1 aliphatic carbocycles. The molecule has 226 valence electrons. The van der Waals surface area contributed by atoms with Crippen molar-refractivity contribution in [2.24, 2.45) is 17.6 Å². The molecule has 0 spiro atoms. The Hall–Kier alpha value is -3.38. The van der Waals surface area contributed by atoms with Crippen LogP contribution in [0.5, 0.6) is 0 Å². The predicted molar refractivity (Wildman–Crippen MR) is 152 cm³/mol. The van der Waals surface area contributed by atoms with Crippen LogP contribution in [0, 0.1) is 11.8 Å². The average Bonchev–Trinajstić information content (AvgIpc) is 2.91. The molecule has 1 aliphatic heterocycles. The number of primary amides is 1. The van der Waals surface area contributed by atoms with Crippen LogP contribution in [0.2, 0.25) is 0 Å². The summed E-state index contributed by atoms with van der Waals surface area (Å²) in [5.41, 5.74) is 6.29. The fourth-order valence-corrected chi connectivity index (χ4v) is 5.21. The van der Waals surface area contributed by atoms with E-state index in [9.17, 15) is 19.2 Å². The molecule has 0 unspecified atom stereocenters. The fourth-order valence-electron chi connectivity index (χ4n) is 5.21. The van der Waals surface area contributed by atoms with Crippen LogP contribution in [-0.2, 0) is 38.1 Å². The summed E-state index contributed by atoms with van der Waals surface area (Å²) in [6.07, 6.45) is 5.11. The Morgan fingerprint density at radius 2 is 1.63 bits per heavy atom. The van der Waals surface area contributed by atoms with Gasteiger partial charge in [0.2, 0.25) is 5.78 Å². The topological polar surface area (TPSA) is 152 Å². The molecule has 0 fully saturated rings. The van der Waals surface area contributed by atoms with Crippen molar-refractivity contribution in [1.29, 1.82) is 0 Å². The van der Waals surface area contributed by atoms with Crippen molar-refractivity contribution in [2.75, 3.05) is 28.4 Å². The summed E-state index contributed by atoms with van der Waals surface area (Å²) in [4.78, 5) is 50.6. The van der Waals surface area contributed by atoms with E-state index in [-0.39, 0.29) is 28.7 Å². The SMILES string of the molecule is CO[C@H]1[C@@H](OC)C[C@H](C)[C@@H](OC)C2=CC(=O)C=C(NC(=O)/C(C)=C\C=C/[C@H](OC)[C@@H](OC(N)=O)/C(C)=C\[C@@H]1C)C2=O. The first-order chi connectivity index (χ1) is 19.4. The van der Waals surface area contributed by atoms with Crippen LogP contribution in [0.3, 0.4) is 0 Å². The third-order valence-electron chi connectivity index (χ3n) is 7.27. The highest BCUT2D eigenvalue weighted by Crippen LogP contribution is 2.30. The molecule has 7 atom stereocenters. The summed E-state index contributed by atoms with van der Waals surface area (Å²) < 4.78 is 28.4. The Labute approximate surface area is 241 Å². The maximum Gasteiger partial charge on any atom is 0.405 e. The summed E-state index contributed by atoms with van der Waals surface area (Å²) in [7, 11) is 6.05. The van der Waals surface area contributed by atoms with Crippen molar-refractivity contribution >= 4 is 23.6 Å². The number of nitrogens with two attached hydrogens (primary N) is 1. The van der Waals surface area contributed by atoms with Crippen LogP contribution in [0.1, 0.15) is 34.1 Å². The number of Topliss-reactive ketones (excluding diaryl/α,β-unsaturated/α-hetero) is 1. The molecule has 0 saturated carbocycles. The number of ketones is 2. The minimum absolute atomic E-state index is 0.141. The van der Waals surface area contributed by atoms with Crippen LogP contribution in [0.25, 0.3) is 0 Å². The van der Waals surface area contributed by atoms with Crippen molar-refractivity contribution in [3.05, 3.63) is 58.9 Å². The van der Waals surface area contributed by atoms with Gasteiger partial charge in [0.05, 0.1) is 24.0 Å². The highest BCUT2D eigenvalue weighted by molar-refractivity contribution is 6.22. The number of amides is 2. The molecule has 41 heavy (non-hydrogen) atoms. The quantitative estimate of drug-likeness (QED) is 0.373. The van der Waals surface area contributed by atoms with Crippen LogP contribution >= 0.6 is 0 Å². The Kier molecular flexibility index (Phi) is 12.8. The molecule has 0 radical (unpaired) electrons. The number of nitrogens with one attached hydrogen (secondary N) is 1. The lowest BCUT2D eigenvalue weighted by atomic mass is 9.84. The molecule has 11 nitrogen and oxygen atoms in total. The summed E-state index contributed by atoms with van der Waals surface area (Å²) in [5, 5.41) is 2.54. The molecule has 2 aliphatic rings. The summed E-state index contributed by atoms with van der Waals surface area (Å²) in [6.45, 7) is 7.17. The van der Waals surface area contributed by atoms with Crippen LogP contribution in [-0.4, -0.2) is 82.5 Å². The highest BCUT2D eigenvalue weighted by atomic mass is 16.6. The monoisotopic (exact) mass is 574 g/mol. The molecule has 0 aromatic rings. The molecule has 0 aromatic carbocycles. The van der Waals surface area contributed by atoms with Gasteiger partial charge in [-0.1, -0.05) is 38.2 Å². The normalized spacial score (nSPS) is 33.9. The summed E-state index contributed by atoms with van der Waals surface area (Å²) in [5.74, 6) is -2.04. The van der Waals surface area contributed by atoms with Gasteiger partial charge in [-0.25, -0.2) is 4.79 Å². The van der Waals surface area contributed by atoms with E-state index >= 15 is 0 Å². The third-order valence-corrected chi connectivity index (χ3v) is 7.27. The number of fused-ring (bicyclic) bond motifs is 2. The number of carbonyl (C=O) groups is 4. The number of ether oxygens (including phenoxy) is 5. The second-order valence-electron chi connectivity index (χ2n) is 10.2. The smallest absolute Gasteiger partial charge is 0.405 e. The zero-order valence-electron chi connectivity index (χ0n) is 25.0. The minimum atomic E-state index is -0.972. The van der Waals surface area contributed by atoms with Gasteiger partial charge in [0.15, 0.2) is 11.9 Å². The second kappa shape index (κ2) is 15.6. The number of methoxy groups -OCH3 is 4.